The van der Waals surface area contributed by atoms with Gasteiger partial charge in [-0.25, -0.2) is 4.98 Å². The molecular formula is C16H16N2O4S. The van der Waals surface area contributed by atoms with Crippen LogP contribution >= 0.6 is 11.3 Å². The molecule has 0 aliphatic rings. The number of carbonyl (C=O) groups is 1. The van der Waals surface area contributed by atoms with Gasteiger partial charge in [0.05, 0.1) is 23.4 Å². The van der Waals surface area contributed by atoms with Crippen LogP contribution in [0.5, 0.6) is 0 Å². The van der Waals surface area contributed by atoms with Crippen molar-refractivity contribution in [2.24, 2.45) is 0 Å². The van der Waals surface area contributed by atoms with E-state index in [9.17, 15) is 9.90 Å². The number of furan rings is 2. The summed E-state index contributed by atoms with van der Waals surface area (Å²) in [4.78, 5) is 16.5. The van der Waals surface area contributed by atoms with Gasteiger partial charge in [0.1, 0.15) is 23.3 Å². The van der Waals surface area contributed by atoms with Gasteiger partial charge in [-0.3, -0.25) is 4.79 Å². The lowest BCUT2D eigenvalue weighted by atomic mass is 10.0. The summed E-state index contributed by atoms with van der Waals surface area (Å²) in [7, 11) is 0. The van der Waals surface area contributed by atoms with Gasteiger partial charge in [-0.1, -0.05) is 0 Å². The van der Waals surface area contributed by atoms with Gasteiger partial charge in [-0.15, -0.1) is 11.3 Å². The van der Waals surface area contributed by atoms with Gasteiger partial charge < -0.3 is 19.3 Å². The summed E-state index contributed by atoms with van der Waals surface area (Å²) in [5, 5.41) is 15.8. The van der Waals surface area contributed by atoms with E-state index >= 15 is 0 Å². The Bertz CT molecular complexity index is 802. The van der Waals surface area contributed by atoms with Crippen LogP contribution in [0, 0.1) is 6.92 Å². The van der Waals surface area contributed by atoms with Crippen molar-refractivity contribution < 1.29 is 18.7 Å². The highest BCUT2D eigenvalue weighted by Gasteiger charge is 2.27. The Morgan fingerprint density at radius 3 is 2.96 bits per heavy atom. The lowest BCUT2D eigenvalue weighted by Crippen LogP contribution is -2.38. The third-order valence-corrected chi connectivity index (χ3v) is 4.15. The smallest absolute Gasteiger partial charge is 0.254 e. The summed E-state index contributed by atoms with van der Waals surface area (Å²) < 4.78 is 10.6. The van der Waals surface area contributed by atoms with Crippen LogP contribution in [-0.2, 0) is 5.60 Å². The van der Waals surface area contributed by atoms with Gasteiger partial charge in [0, 0.05) is 5.38 Å². The second kappa shape index (κ2) is 6.02. The molecule has 0 bridgehead atoms. The Labute approximate surface area is 136 Å². The molecule has 120 valence electrons. The molecule has 0 saturated carbocycles. The van der Waals surface area contributed by atoms with E-state index in [0.717, 1.165) is 5.01 Å². The minimum Gasteiger partial charge on any atom is -0.466 e. The first-order valence-electron chi connectivity index (χ1n) is 7.01. The van der Waals surface area contributed by atoms with Crippen molar-refractivity contribution in [3.05, 3.63) is 52.4 Å². The van der Waals surface area contributed by atoms with Crippen molar-refractivity contribution in [2.75, 3.05) is 6.54 Å². The maximum atomic E-state index is 12.2. The van der Waals surface area contributed by atoms with Crippen LogP contribution in [0.4, 0.5) is 0 Å². The Balaban J connectivity index is 1.66. The fourth-order valence-electron chi connectivity index (χ4n) is 2.09. The van der Waals surface area contributed by atoms with E-state index in [-0.39, 0.29) is 12.5 Å². The van der Waals surface area contributed by atoms with Gasteiger partial charge >= 0.3 is 0 Å². The van der Waals surface area contributed by atoms with E-state index in [1.54, 1.807) is 25.1 Å². The van der Waals surface area contributed by atoms with Gasteiger partial charge in [0.15, 0.2) is 5.76 Å². The van der Waals surface area contributed by atoms with Crippen LogP contribution in [0.25, 0.3) is 11.5 Å². The predicted octanol–water partition coefficient (Wildman–Crippen LogP) is 2.94. The van der Waals surface area contributed by atoms with Crippen LogP contribution < -0.4 is 5.32 Å². The molecule has 6 nitrogen and oxygen atoms in total. The van der Waals surface area contributed by atoms with Crippen LogP contribution in [0.2, 0.25) is 0 Å². The minimum atomic E-state index is -1.28. The number of hydrogen-bond donors (Lipinski definition) is 2. The summed E-state index contributed by atoms with van der Waals surface area (Å²) in [6.45, 7) is 3.50. The fraction of sp³-hybridized carbons (Fsp3) is 0.250. The van der Waals surface area contributed by atoms with Crippen molar-refractivity contribution in [2.45, 2.75) is 19.4 Å². The molecule has 0 aliphatic carbocycles. The molecule has 0 spiro atoms. The lowest BCUT2D eigenvalue weighted by Gasteiger charge is -2.20. The van der Waals surface area contributed by atoms with Crippen molar-refractivity contribution >= 4 is 17.2 Å². The quantitative estimate of drug-likeness (QED) is 0.750. The van der Waals surface area contributed by atoms with Crippen LogP contribution in [0.3, 0.4) is 0 Å². The van der Waals surface area contributed by atoms with E-state index in [2.05, 4.69) is 10.3 Å². The second-order valence-electron chi connectivity index (χ2n) is 5.39. The average Bonchev–Trinajstić information content (AvgIpc) is 3.24. The van der Waals surface area contributed by atoms with E-state index < -0.39 is 5.60 Å². The molecule has 1 amide bonds. The number of nitrogens with one attached hydrogen (secondary N) is 1. The molecule has 23 heavy (non-hydrogen) atoms. The molecule has 3 aromatic heterocycles. The molecule has 0 fully saturated rings. The van der Waals surface area contributed by atoms with Crippen molar-refractivity contribution in [1.82, 2.24) is 10.3 Å². The molecule has 1 atom stereocenters. The molecule has 0 saturated heterocycles. The summed E-state index contributed by atoms with van der Waals surface area (Å²) in [5.74, 6) is 0.597. The highest BCUT2D eigenvalue weighted by Crippen LogP contribution is 2.24. The standard InChI is InChI=1S/C16H16N2O4S/c1-10-18-12(8-23-10)13-6-11(7-22-13)15(19)17-9-16(2,20)14-4-3-5-21-14/h3-8,20H,9H2,1-2H3,(H,17,19). The Morgan fingerprint density at radius 2 is 2.30 bits per heavy atom. The number of aliphatic hydroxyl groups is 1. The van der Waals surface area contributed by atoms with Gasteiger partial charge in [-0.2, -0.15) is 0 Å². The van der Waals surface area contributed by atoms with Crippen molar-refractivity contribution in [3.8, 4) is 11.5 Å². The number of nitrogens with zero attached hydrogens (tertiary/aromatic N) is 1. The number of aryl methyl sites for hydroxylation is 1. The minimum absolute atomic E-state index is 0.0235. The molecule has 3 heterocycles. The molecule has 0 aromatic carbocycles. The molecule has 1 unspecified atom stereocenters. The zero-order chi connectivity index (χ0) is 16.4. The second-order valence-corrected chi connectivity index (χ2v) is 6.45. The molecule has 7 heteroatoms. The largest absolute Gasteiger partial charge is 0.466 e. The zero-order valence-electron chi connectivity index (χ0n) is 12.7. The number of aromatic nitrogens is 1. The van der Waals surface area contributed by atoms with E-state index in [4.69, 9.17) is 8.83 Å². The summed E-state index contributed by atoms with van der Waals surface area (Å²) in [6.07, 6.45) is 2.85. The number of amides is 1. The Hall–Kier alpha value is -2.38. The molecular weight excluding hydrogens is 316 g/mol. The molecule has 0 radical (unpaired) electrons. The van der Waals surface area contributed by atoms with E-state index in [1.165, 1.54) is 23.9 Å². The third-order valence-electron chi connectivity index (χ3n) is 3.38. The van der Waals surface area contributed by atoms with Crippen LogP contribution in [0.15, 0.2) is 44.9 Å². The van der Waals surface area contributed by atoms with E-state index in [0.29, 0.717) is 22.8 Å². The lowest BCUT2D eigenvalue weighted by molar-refractivity contribution is 0.0330. The van der Waals surface area contributed by atoms with Gasteiger partial charge in [0.2, 0.25) is 0 Å². The highest BCUT2D eigenvalue weighted by atomic mass is 32.1. The third kappa shape index (κ3) is 3.35. The maximum Gasteiger partial charge on any atom is 0.254 e. The van der Waals surface area contributed by atoms with Gasteiger partial charge in [0.25, 0.3) is 5.91 Å². The van der Waals surface area contributed by atoms with Gasteiger partial charge in [-0.05, 0) is 32.0 Å². The monoisotopic (exact) mass is 332 g/mol. The van der Waals surface area contributed by atoms with Crippen molar-refractivity contribution in [1.29, 1.82) is 0 Å². The Morgan fingerprint density at radius 1 is 1.48 bits per heavy atom. The van der Waals surface area contributed by atoms with Crippen LogP contribution in [0.1, 0.15) is 28.0 Å². The topological polar surface area (TPSA) is 88.5 Å². The summed E-state index contributed by atoms with van der Waals surface area (Å²) >= 11 is 1.51. The SMILES string of the molecule is Cc1nc(-c2cc(C(=O)NCC(C)(O)c3ccco3)co2)cs1. The van der Waals surface area contributed by atoms with Crippen molar-refractivity contribution in [3.63, 3.8) is 0 Å². The number of thiazole rings is 1. The highest BCUT2D eigenvalue weighted by molar-refractivity contribution is 7.09. The fourth-order valence-corrected chi connectivity index (χ4v) is 2.69. The molecule has 2 N–H and O–H groups in total. The predicted molar refractivity (Wildman–Crippen MR) is 85.2 cm³/mol. The summed E-state index contributed by atoms with van der Waals surface area (Å²) in [6, 6.07) is 4.97. The first kappa shape index (κ1) is 15.5. The summed E-state index contributed by atoms with van der Waals surface area (Å²) in [5.41, 5.74) is -0.201. The van der Waals surface area contributed by atoms with Crippen LogP contribution in [-0.4, -0.2) is 22.5 Å². The average molecular weight is 332 g/mol. The number of rotatable bonds is 5. The Kier molecular flexibility index (Phi) is 4.06. The maximum absolute atomic E-state index is 12.2. The molecule has 3 rings (SSSR count). The zero-order valence-corrected chi connectivity index (χ0v) is 13.5. The first-order chi connectivity index (χ1) is 11.0. The van der Waals surface area contributed by atoms with E-state index in [1.807, 2.05) is 12.3 Å². The number of carbonyl (C=O) groups excluding carboxylic acids is 1. The first-order valence-corrected chi connectivity index (χ1v) is 7.89. The molecule has 0 aliphatic heterocycles. The normalized spacial score (nSPS) is 13.7. The molecule has 3 aromatic rings. The number of hydrogen-bond acceptors (Lipinski definition) is 6.